The zero-order chi connectivity index (χ0) is 27.4. The minimum absolute atomic E-state index is 0.799. The van der Waals surface area contributed by atoms with E-state index < -0.39 is 11.2 Å². The van der Waals surface area contributed by atoms with E-state index in [1.165, 1.54) is 0 Å². The molecule has 0 unspecified atom stereocenters. The third-order valence-electron chi connectivity index (χ3n) is 7.70. The second-order valence-electron chi connectivity index (χ2n) is 10.0. The van der Waals surface area contributed by atoms with Crippen LogP contribution in [0.1, 0.15) is 33.4 Å². The third-order valence-corrected chi connectivity index (χ3v) is 7.70. The van der Waals surface area contributed by atoms with Crippen molar-refractivity contribution < 1.29 is 10.2 Å². The second kappa shape index (κ2) is 10.8. The van der Waals surface area contributed by atoms with Gasteiger partial charge in [-0.05, 0) is 44.5 Å². The summed E-state index contributed by atoms with van der Waals surface area (Å²) >= 11 is 0. The largest absolute Gasteiger partial charge is 0.376 e. The SMILES string of the molecule is OC(c1ccccc1)(c1ccccc1)c1ccc(-c2ccc(C(O)(c3ccccc3)c3ccccc3)cc2)cc1. The Morgan fingerprint density at radius 2 is 0.450 bits per heavy atom. The number of hydrogen-bond donors (Lipinski definition) is 2. The van der Waals surface area contributed by atoms with E-state index in [2.05, 4.69) is 0 Å². The van der Waals surface area contributed by atoms with Crippen LogP contribution in [-0.4, -0.2) is 10.2 Å². The van der Waals surface area contributed by atoms with Gasteiger partial charge in [0.05, 0.1) is 0 Å². The summed E-state index contributed by atoms with van der Waals surface area (Å²) in [7, 11) is 0. The molecule has 0 spiro atoms. The Morgan fingerprint density at radius 3 is 0.675 bits per heavy atom. The first-order chi connectivity index (χ1) is 19.6. The highest BCUT2D eigenvalue weighted by Crippen LogP contribution is 2.39. The Kier molecular flexibility index (Phi) is 6.88. The van der Waals surface area contributed by atoms with E-state index in [1.54, 1.807) is 0 Å². The second-order valence-corrected chi connectivity index (χ2v) is 10.0. The lowest BCUT2D eigenvalue weighted by atomic mass is 9.79. The molecule has 40 heavy (non-hydrogen) atoms. The lowest BCUT2D eigenvalue weighted by Gasteiger charge is -2.30. The molecular weight excluding hydrogens is 488 g/mol. The van der Waals surface area contributed by atoms with Gasteiger partial charge in [0, 0.05) is 0 Å². The molecule has 194 valence electrons. The highest BCUT2D eigenvalue weighted by molar-refractivity contribution is 5.66. The van der Waals surface area contributed by atoms with Crippen molar-refractivity contribution >= 4 is 0 Å². The molecule has 0 radical (unpaired) electrons. The summed E-state index contributed by atoms with van der Waals surface area (Å²) in [6.07, 6.45) is 0. The van der Waals surface area contributed by atoms with Crippen LogP contribution >= 0.6 is 0 Å². The van der Waals surface area contributed by atoms with Crippen LogP contribution in [0.3, 0.4) is 0 Å². The molecule has 2 heteroatoms. The molecule has 0 saturated carbocycles. The molecule has 6 aromatic rings. The van der Waals surface area contributed by atoms with Crippen LogP contribution in [0.25, 0.3) is 11.1 Å². The van der Waals surface area contributed by atoms with Crippen molar-refractivity contribution in [2.45, 2.75) is 11.2 Å². The third kappa shape index (κ3) is 4.54. The fourth-order valence-electron chi connectivity index (χ4n) is 5.53. The van der Waals surface area contributed by atoms with Gasteiger partial charge in [0.15, 0.2) is 0 Å². The van der Waals surface area contributed by atoms with Crippen molar-refractivity contribution in [1.82, 2.24) is 0 Å². The fourth-order valence-corrected chi connectivity index (χ4v) is 5.53. The van der Waals surface area contributed by atoms with Gasteiger partial charge in [-0.15, -0.1) is 0 Å². The molecule has 0 fully saturated rings. The van der Waals surface area contributed by atoms with Crippen LogP contribution < -0.4 is 0 Å². The Morgan fingerprint density at radius 1 is 0.250 bits per heavy atom. The quantitative estimate of drug-likeness (QED) is 0.211. The maximum absolute atomic E-state index is 12.1. The summed E-state index contributed by atoms with van der Waals surface area (Å²) < 4.78 is 0. The molecule has 0 aliphatic carbocycles. The minimum Gasteiger partial charge on any atom is -0.376 e. The van der Waals surface area contributed by atoms with Crippen LogP contribution in [0.15, 0.2) is 170 Å². The standard InChI is InChI=1S/C38H30O2/c39-37(31-13-5-1-6-14-31,32-15-7-2-8-16-32)35-25-21-29(22-26-35)30-23-27-36(28-24-30)38(40,33-17-9-3-10-18-33)34-19-11-4-12-20-34/h1-28,39-40H. The number of rotatable bonds is 7. The lowest BCUT2D eigenvalue weighted by molar-refractivity contribution is 0.125. The minimum atomic E-state index is -1.27. The maximum atomic E-state index is 12.1. The van der Waals surface area contributed by atoms with Crippen LogP contribution in [0, 0.1) is 0 Å². The van der Waals surface area contributed by atoms with Crippen molar-refractivity contribution in [2.75, 3.05) is 0 Å². The van der Waals surface area contributed by atoms with Gasteiger partial charge in [0.25, 0.3) is 0 Å². The average molecular weight is 519 g/mol. The zero-order valence-corrected chi connectivity index (χ0v) is 22.1. The van der Waals surface area contributed by atoms with Crippen LogP contribution in [0.4, 0.5) is 0 Å². The van der Waals surface area contributed by atoms with Crippen LogP contribution in [0.5, 0.6) is 0 Å². The van der Waals surface area contributed by atoms with E-state index in [-0.39, 0.29) is 0 Å². The number of aliphatic hydroxyl groups is 2. The molecule has 2 nitrogen and oxygen atoms in total. The van der Waals surface area contributed by atoms with E-state index in [4.69, 9.17) is 0 Å². The first-order valence-electron chi connectivity index (χ1n) is 13.5. The van der Waals surface area contributed by atoms with E-state index in [0.29, 0.717) is 0 Å². The number of hydrogen-bond acceptors (Lipinski definition) is 2. The lowest BCUT2D eigenvalue weighted by Crippen LogP contribution is -2.28. The Labute approximate surface area is 235 Å². The molecule has 0 bridgehead atoms. The van der Waals surface area contributed by atoms with Gasteiger partial charge in [-0.3, -0.25) is 0 Å². The van der Waals surface area contributed by atoms with Crippen LogP contribution in [-0.2, 0) is 11.2 Å². The summed E-state index contributed by atoms with van der Waals surface area (Å²) in [5.74, 6) is 0. The molecule has 6 aromatic carbocycles. The predicted octanol–water partition coefficient (Wildman–Crippen LogP) is 7.92. The predicted molar refractivity (Wildman–Crippen MR) is 162 cm³/mol. The van der Waals surface area contributed by atoms with Gasteiger partial charge in [0.1, 0.15) is 11.2 Å². The molecule has 0 aliphatic rings. The smallest absolute Gasteiger partial charge is 0.140 e. The Balaban J connectivity index is 1.36. The molecule has 0 saturated heterocycles. The highest BCUT2D eigenvalue weighted by Gasteiger charge is 2.34. The number of benzene rings is 6. The molecule has 0 aliphatic heterocycles. The van der Waals surface area contributed by atoms with Gasteiger partial charge >= 0.3 is 0 Å². The van der Waals surface area contributed by atoms with Gasteiger partial charge in [-0.1, -0.05) is 170 Å². The zero-order valence-electron chi connectivity index (χ0n) is 22.1. The van der Waals surface area contributed by atoms with Gasteiger partial charge < -0.3 is 10.2 Å². The first kappa shape index (κ1) is 25.5. The molecule has 0 heterocycles. The van der Waals surface area contributed by atoms with E-state index in [9.17, 15) is 10.2 Å². The monoisotopic (exact) mass is 518 g/mol. The van der Waals surface area contributed by atoms with Gasteiger partial charge in [0.2, 0.25) is 0 Å². The van der Waals surface area contributed by atoms with Gasteiger partial charge in [-0.25, -0.2) is 0 Å². The molecule has 6 rings (SSSR count). The summed E-state index contributed by atoms with van der Waals surface area (Å²) in [5.41, 5.74) is 4.39. The normalized spacial score (nSPS) is 11.8. The fraction of sp³-hybridized carbons (Fsp3) is 0.0526. The first-order valence-corrected chi connectivity index (χ1v) is 13.5. The average Bonchev–Trinajstić information content (AvgIpc) is 3.06. The topological polar surface area (TPSA) is 40.5 Å². The molecule has 0 aromatic heterocycles. The highest BCUT2D eigenvalue weighted by atomic mass is 16.3. The summed E-state index contributed by atoms with van der Waals surface area (Å²) in [6, 6.07) is 55.2. The van der Waals surface area contributed by atoms with Crippen molar-refractivity contribution in [3.05, 3.63) is 203 Å². The van der Waals surface area contributed by atoms with Crippen LogP contribution in [0.2, 0.25) is 0 Å². The van der Waals surface area contributed by atoms with Crippen molar-refractivity contribution in [2.24, 2.45) is 0 Å². The molecule has 0 amide bonds. The molecule has 2 N–H and O–H groups in total. The van der Waals surface area contributed by atoms with E-state index in [0.717, 1.165) is 44.5 Å². The van der Waals surface area contributed by atoms with Gasteiger partial charge in [-0.2, -0.15) is 0 Å². The van der Waals surface area contributed by atoms with Crippen molar-refractivity contribution in [1.29, 1.82) is 0 Å². The van der Waals surface area contributed by atoms with Crippen molar-refractivity contribution in [3.8, 4) is 11.1 Å². The maximum Gasteiger partial charge on any atom is 0.140 e. The van der Waals surface area contributed by atoms with Crippen molar-refractivity contribution in [3.63, 3.8) is 0 Å². The summed E-state index contributed by atoms with van der Waals surface area (Å²) in [4.78, 5) is 0. The molecular formula is C38H30O2. The van der Waals surface area contributed by atoms with E-state index in [1.807, 2.05) is 170 Å². The van der Waals surface area contributed by atoms with E-state index >= 15 is 0 Å². The summed E-state index contributed by atoms with van der Waals surface area (Å²) in [6.45, 7) is 0. The summed E-state index contributed by atoms with van der Waals surface area (Å²) in [5, 5.41) is 24.2. The Bertz CT molecular complexity index is 1450. The Hall–Kier alpha value is -4.76. The molecule has 0 atom stereocenters.